The highest BCUT2D eigenvalue weighted by molar-refractivity contribution is 6.25. The number of hydrogen-bond acceptors (Lipinski definition) is 6. The molecule has 3 amide bonds. The molecule has 1 aromatic heterocycles. The van der Waals surface area contributed by atoms with Gasteiger partial charge in [-0.15, -0.1) is 0 Å². The first kappa shape index (κ1) is 24.1. The van der Waals surface area contributed by atoms with Crippen LogP contribution in [0.3, 0.4) is 0 Å². The van der Waals surface area contributed by atoms with Crippen LogP contribution in [0.2, 0.25) is 0 Å². The van der Waals surface area contributed by atoms with Crippen molar-refractivity contribution in [2.75, 3.05) is 23.0 Å². The zero-order chi connectivity index (χ0) is 24.8. The topological polar surface area (TPSA) is 89.3 Å². The Kier molecular flexibility index (Phi) is 7.50. The zero-order valence-corrected chi connectivity index (χ0v) is 19.8. The predicted molar refractivity (Wildman–Crippen MR) is 131 cm³/mol. The van der Waals surface area contributed by atoms with Gasteiger partial charge in [-0.1, -0.05) is 13.8 Å². The second kappa shape index (κ2) is 10.9. The molecule has 0 unspecified atom stereocenters. The Hall–Kier alpha value is -4.07. The lowest BCUT2D eigenvalue weighted by atomic mass is 10.1. The van der Waals surface area contributed by atoms with E-state index in [0.717, 1.165) is 17.7 Å². The van der Waals surface area contributed by atoms with Gasteiger partial charge in [0.05, 0.1) is 31.6 Å². The van der Waals surface area contributed by atoms with Crippen molar-refractivity contribution in [3.8, 4) is 11.5 Å². The quantitative estimate of drug-likeness (QED) is 0.389. The molecule has 0 saturated carbocycles. The zero-order valence-electron chi connectivity index (χ0n) is 19.8. The third-order valence-electron chi connectivity index (χ3n) is 5.54. The number of ether oxygens (including phenoxy) is 2. The van der Waals surface area contributed by atoms with E-state index < -0.39 is 17.9 Å². The molecule has 2 heterocycles. The van der Waals surface area contributed by atoms with Crippen molar-refractivity contribution in [3.63, 3.8) is 0 Å². The fourth-order valence-corrected chi connectivity index (χ4v) is 3.88. The Morgan fingerprint density at radius 2 is 1.54 bits per heavy atom. The fourth-order valence-electron chi connectivity index (χ4n) is 3.88. The molecular weight excluding hydrogens is 448 g/mol. The summed E-state index contributed by atoms with van der Waals surface area (Å²) in [6, 6.07) is 15.8. The van der Waals surface area contributed by atoms with Crippen LogP contribution in [0.4, 0.5) is 11.4 Å². The maximum absolute atomic E-state index is 13.5. The molecule has 2 aromatic carbocycles. The summed E-state index contributed by atoms with van der Waals surface area (Å²) in [6.07, 6.45) is 2.99. The molecule has 0 spiro atoms. The molecule has 3 aromatic rings. The van der Waals surface area contributed by atoms with Crippen LogP contribution in [0.5, 0.6) is 11.5 Å². The number of benzene rings is 2. The van der Waals surface area contributed by atoms with Gasteiger partial charge in [-0.2, -0.15) is 0 Å². The van der Waals surface area contributed by atoms with Gasteiger partial charge in [-0.3, -0.25) is 19.3 Å². The second-order valence-corrected chi connectivity index (χ2v) is 8.12. The van der Waals surface area contributed by atoms with E-state index in [-0.39, 0.29) is 18.1 Å². The molecule has 8 heteroatoms. The molecular formula is C27H28N2O6. The fraction of sp³-hybridized carbons (Fsp3) is 0.296. The first-order chi connectivity index (χ1) is 17.0. The maximum atomic E-state index is 13.5. The van der Waals surface area contributed by atoms with Gasteiger partial charge in [0.1, 0.15) is 17.5 Å². The third kappa shape index (κ3) is 5.21. The van der Waals surface area contributed by atoms with Crippen molar-refractivity contribution in [1.29, 1.82) is 0 Å². The second-order valence-electron chi connectivity index (χ2n) is 8.12. The van der Waals surface area contributed by atoms with E-state index in [1.807, 2.05) is 13.8 Å². The number of carbonyl (C=O) groups excluding carboxylic acids is 3. The molecule has 8 nitrogen and oxygen atoms in total. The lowest BCUT2D eigenvalue weighted by Gasteiger charge is -2.27. The van der Waals surface area contributed by atoms with Gasteiger partial charge in [0.25, 0.3) is 11.8 Å². The van der Waals surface area contributed by atoms with Crippen LogP contribution in [0, 0.1) is 0 Å². The van der Waals surface area contributed by atoms with E-state index in [1.165, 1.54) is 17.2 Å². The van der Waals surface area contributed by atoms with E-state index in [4.69, 9.17) is 13.9 Å². The summed E-state index contributed by atoms with van der Waals surface area (Å²) >= 11 is 0. The van der Waals surface area contributed by atoms with Crippen molar-refractivity contribution in [2.24, 2.45) is 0 Å². The van der Waals surface area contributed by atoms with Crippen molar-refractivity contribution in [3.05, 3.63) is 72.7 Å². The molecule has 0 bridgehead atoms. The van der Waals surface area contributed by atoms with E-state index in [0.29, 0.717) is 36.1 Å². The van der Waals surface area contributed by atoms with E-state index in [1.54, 1.807) is 54.6 Å². The summed E-state index contributed by atoms with van der Waals surface area (Å²) < 4.78 is 16.5. The lowest BCUT2D eigenvalue weighted by molar-refractivity contribution is -0.121. The molecule has 1 saturated heterocycles. The molecule has 35 heavy (non-hydrogen) atoms. The molecule has 4 rings (SSSR count). The predicted octanol–water partition coefficient (Wildman–Crippen LogP) is 4.84. The van der Waals surface area contributed by atoms with Crippen LogP contribution in [0.15, 0.2) is 71.3 Å². The number of imide groups is 1. The number of nitrogens with zero attached hydrogens (tertiary/aromatic N) is 2. The SMILES string of the molecule is CCCOc1ccc(N2C(=O)C[C@@H](N(C(=O)c3ccco3)c3ccc(OCCC)cc3)C2=O)cc1. The Morgan fingerprint density at radius 1 is 0.943 bits per heavy atom. The van der Waals surface area contributed by atoms with E-state index in [9.17, 15) is 14.4 Å². The van der Waals surface area contributed by atoms with Crippen molar-refractivity contribution >= 4 is 29.1 Å². The summed E-state index contributed by atoms with van der Waals surface area (Å²) in [6.45, 7) is 5.17. The average Bonchev–Trinajstić information content (AvgIpc) is 3.51. The highest BCUT2D eigenvalue weighted by Gasteiger charge is 2.45. The molecule has 0 radical (unpaired) electrons. The van der Waals surface area contributed by atoms with Gasteiger partial charge in [-0.25, -0.2) is 4.90 Å². The van der Waals surface area contributed by atoms with Crippen LogP contribution < -0.4 is 19.3 Å². The lowest BCUT2D eigenvalue weighted by Crippen LogP contribution is -2.45. The summed E-state index contributed by atoms with van der Waals surface area (Å²) in [7, 11) is 0. The monoisotopic (exact) mass is 476 g/mol. The number of anilines is 2. The number of rotatable bonds is 10. The minimum Gasteiger partial charge on any atom is -0.494 e. The summed E-state index contributed by atoms with van der Waals surface area (Å²) in [4.78, 5) is 42.3. The number of hydrogen-bond donors (Lipinski definition) is 0. The molecule has 1 aliphatic rings. The standard InChI is InChI=1S/C27H28N2O6/c1-3-15-33-21-11-7-19(8-12-21)28(27(32)24-6-5-17-35-24)23-18-25(30)29(26(23)31)20-9-13-22(14-10-20)34-16-4-2/h5-14,17,23H,3-4,15-16,18H2,1-2H3/t23-/m1/s1. The third-order valence-corrected chi connectivity index (χ3v) is 5.54. The van der Waals surface area contributed by atoms with Gasteiger partial charge in [0.2, 0.25) is 5.91 Å². The van der Waals surface area contributed by atoms with Crippen molar-refractivity contribution < 1.29 is 28.3 Å². The highest BCUT2D eigenvalue weighted by atomic mass is 16.5. The first-order valence-corrected chi connectivity index (χ1v) is 11.7. The number of amides is 3. The highest BCUT2D eigenvalue weighted by Crippen LogP contribution is 2.32. The van der Waals surface area contributed by atoms with Crippen LogP contribution >= 0.6 is 0 Å². The van der Waals surface area contributed by atoms with Crippen molar-refractivity contribution in [2.45, 2.75) is 39.2 Å². The van der Waals surface area contributed by atoms with Gasteiger partial charge >= 0.3 is 0 Å². The van der Waals surface area contributed by atoms with E-state index in [2.05, 4.69) is 0 Å². The molecule has 1 fully saturated rings. The van der Waals surface area contributed by atoms with Crippen molar-refractivity contribution in [1.82, 2.24) is 0 Å². The maximum Gasteiger partial charge on any atom is 0.294 e. The van der Waals surface area contributed by atoms with Crippen LogP contribution in [-0.2, 0) is 9.59 Å². The van der Waals surface area contributed by atoms with E-state index >= 15 is 0 Å². The Morgan fingerprint density at radius 3 is 2.09 bits per heavy atom. The normalized spacial score (nSPS) is 15.4. The summed E-state index contributed by atoms with van der Waals surface area (Å²) in [5, 5.41) is 0. The minimum atomic E-state index is -1.02. The molecule has 1 atom stereocenters. The van der Waals surface area contributed by atoms with Crippen LogP contribution in [0.25, 0.3) is 0 Å². The molecule has 0 aliphatic carbocycles. The molecule has 1 aliphatic heterocycles. The van der Waals surface area contributed by atoms with Gasteiger partial charge in [0, 0.05) is 5.69 Å². The summed E-state index contributed by atoms with van der Waals surface area (Å²) in [5.74, 6) is 0.0138. The number of carbonyl (C=O) groups is 3. The molecule has 0 N–H and O–H groups in total. The van der Waals surface area contributed by atoms with Gasteiger partial charge in [0.15, 0.2) is 5.76 Å². The minimum absolute atomic E-state index is 0.0763. The Bertz CT molecular complexity index is 1160. The van der Waals surface area contributed by atoms with Gasteiger partial charge in [-0.05, 0) is 73.5 Å². The molecule has 182 valence electrons. The first-order valence-electron chi connectivity index (χ1n) is 11.7. The Labute approximate surface area is 204 Å². The van der Waals surface area contributed by atoms with Gasteiger partial charge < -0.3 is 13.9 Å². The largest absolute Gasteiger partial charge is 0.494 e. The Balaban J connectivity index is 1.63. The van der Waals surface area contributed by atoms with Crippen LogP contribution in [-0.4, -0.2) is 37.0 Å². The van der Waals surface area contributed by atoms with Crippen LogP contribution in [0.1, 0.15) is 43.7 Å². The number of furan rings is 1. The summed E-state index contributed by atoms with van der Waals surface area (Å²) in [5.41, 5.74) is 0.895. The smallest absolute Gasteiger partial charge is 0.294 e. The average molecular weight is 477 g/mol.